The molecule has 1 saturated carbocycles. The van der Waals surface area contributed by atoms with E-state index in [1.807, 2.05) is 0 Å². The van der Waals surface area contributed by atoms with Crippen LogP contribution in [-0.4, -0.2) is 44.1 Å². The van der Waals surface area contributed by atoms with E-state index >= 15 is 0 Å². The second kappa shape index (κ2) is 9.38. The number of imidazole rings is 1. The molecule has 2 aromatic carbocycles. The van der Waals surface area contributed by atoms with Gasteiger partial charge in [0.05, 0.1) is 39.7 Å². The molecule has 0 amide bonds. The van der Waals surface area contributed by atoms with Crippen molar-refractivity contribution < 1.29 is 41.3 Å². The van der Waals surface area contributed by atoms with Crippen molar-refractivity contribution in [1.29, 1.82) is 0 Å². The van der Waals surface area contributed by atoms with Crippen LogP contribution in [0.4, 0.5) is 26.3 Å². The third-order valence-electron chi connectivity index (χ3n) is 7.62. The van der Waals surface area contributed by atoms with Crippen LogP contribution in [0, 0.1) is 0 Å². The van der Waals surface area contributed by atoms with Gasteiger partial charge in [-0.3, -0.25) is 0 Å². The molecule has 212 valence electrons. The summed E-state index contributed by atoms with van der Waals surface area (Å²) in [5.41, 5.74) is -4.16. The summed E-state index contributed by atoms with van der Waals surface area (Å²) in [7, 11) is 0. The molecule has 2 heterocycles. The minimum Gasteiger partial charge on any atom is -0.492 e. The maximum Gasteiger partial charge on any atom is 0.418 e. The number of hydrogen-bond donors (Lipinski definition) is 3. The van der Waals surface area contributed by atoms with Gasteiger partial charge in [-0.1, -0.05) is 12.1 Å². The largest absolute Gasteiger partial charge is 0.492 e. The summed E-state index contributed by atoms with van der Waals surface area (Å²) >= 11 is 0. The first-order chi connectivity index (χ1) is 18.0. The van der Waals surface area contributed by atoms with Gasteiger partial charge >= 0.3 is 12.4 Å². The summed E-state index contributed by atoms with van der Waals surface area (Å²) in [6.45, 7) is 3.27. The minimum atomic E-state index is -4.69. The standard InChI is InChI=1S/C27H29F6N3O3/c1-15-9-25(38,16-4-3-5-17(6-16)26(28,29)30)10-18(35-15)13-39-20-7-21(27(31,32)33)23-22(8-20)34-14-36(23)19-11-24(2,37)12-19/h3-8,14-15,18-19,35,37-38H,9-13H2,1-2H3. The number of piperidine rings is 1. The summed E-state index contributed by atoms with van der Waals surface area (Å²) in [4.78, 5) is 4.16. The summed E-state index contributed by atoms with van der Waals surface area (Å²) in [5, 5.41) is 24.6. The molecular weight excluding hydrogens is 528 g/mol. The van der Waals surface area contributed by atoms with Crippen molar-refractivity contribution in [2.45, 2.75) is 81.2 Å². The van der Waals surface area contributed by atoms with E-state index in [-0.39, 0.29) is 53.9 Å². The van der Waals surface area contributed by atoms with E-state index in [2.05, 4.69) is 10.3 Å². The average molecular weight is 558 g/mol. The minimum absolute atomic E-state index is 0.00323. The Kier molecular flexibility index (Phi) is 6.67. The number of benzene rings is 2. The summed E-state index contributed by atoms with van der Waals surface area (Å²) in [6, 6.07) is 5.70. The Morgan fingerprint density at radius 3 is 2.38 bits per heavy atom. The van der Waals surface area contributed by atoms with Crippen molar-refractivity contribution in [3.05, 3.63) is 59.4 Å². The zero-order valence-electron chi connectivity index (χ0n) is 21.3. The van der Waals surface area contributed by atoms with E-state index < -0.39 is 40.7 Å². The number of aromatic nitrogens is 2. The molecular formula is C27H29F6N3O3. The molecule has 0 spiro atoms. The van der Waals surface area contributed by atoms with Crippen LogP contribution in [0.1, 0.15) is 62.3 Å². The van der Waals surface area contributed by atoms with Gasteiger partial charge in [-0.05, 0) is 63.3 Å². The van der Waals surface area contributed by atoms with Gasteiger partial charge in [0.25, 0.3) is 0 Å². The van der Waals surface area contributed by atoms with Crippen molar-refractivity contribution in [2.75, 3.05) is 6.61 Å². The fourth-order valence-electron chi connectivity index (χ4n) is 5.92. The third kappa shape index (κ3) is 5.59. The van der Waals surface area contributed by atoms with Crippen molar-refractivity contribution in [3.63, 3.8) is 0 Å². The lowest BCUT2D eigenvalue weighted by Crippen LogP contribution is -2.53. The Morgan fingerprint density at radius 1 is 1.03 bits per heavy atom. The van der Waals surface area contributed by atoms with Gasteiger partial charge in [-0.2, -0.15) is 26.3 Å². The summed E-state index contributed by atoms with van der Waals surface area (Å²) < 4.78 is 89.1. The highest BCUT2D eigenvalue weighted by atomic mass is 19.4. The molecule has 6 nitrogen and oxygen atoms in total. The molecule has 1 aliphatic carbocycles. The zero-order valence-corrected chi connectivity index (χ0v) is 21.3. The van der Waals surface area contributed by atoms with Crippen LogP contribution in [-0.2, 0) is 18.0 Å². The molecule has 12 heteroatoms. The van der Waals surface area contributed by atoms with Crippen molar-refractivity contribution in [1.82, 2.24) is 14.9 Å². The van der Waals surface area contributed by atoms with Crippen LogP contribution in [0.2, 0.25) is 0 Å². The second-order valence-corrected chi connectivity index (χ2v) is 11.1. The summed E-state index contributed by atoms with van der Waals surface area (Å²) in [6.07, 6.45) is -7.13. The SMILES string of the molecule is CC1CC(O)(c2cccc(C(F)(F)F)c2)CC(COc2cc(C(F)(F)F)c3c(c2)ncn3C2CC(C)(O)C2)N1. The number of nitrogens with one attached hydrogen (secondary N) is 1. The van der Waals surface area contributed by atoms with Gasteiger partial charge in [0.2, 0.25) is 0 Å². The molecule has 0 radical (unpaired) electrons. The Labute approximate surface area is 220 Å². The van der Waals surface area contributed by atoms with E-state index in [0.29, 0.717) is 12.8 Å². The molecule has 3 aromatic rings. The molecule has 39 heavy (non-hydrogen) atoms. The number of fused-ring (bicyclic) bond motifs is 1. The number of rotatable bonds is 5. The van der Waals surface area contributed by atoms with Crippen LogP contribution in [0.3, 0.4) is 0 Å². The predicted molar refractivity (Wildman–Crippen MR) is 130 cm³/mol. The van der Waals surface area contributed by atoms with Gasteiger partial charge in [0.15, 0.2) is 0 Å². The van der Waals surface area contributed by atoms with E-state index in [1.54, 1.807) is 13.8 Å². The monoisotopic (exact) mass is 557 g/mol. The van der Waals surface area contributed by atoms with E-state index in [0.717, 1.165) is 18.2 Å². The number of nitrogens with zero attached hydrogens (tertiary/aromatic N) is 2. The highest BCUT2D eigenvalue weighted by Crippen LogP contribution is 2.45. The van der Waals surface area contributed by atoms with E-state index in [4.69, 9.17) is 4.74 Å². The van der Waals surface area contributed by atoms with Crippen LogP contribution >= 0.6 is 0 Å². The zero-order chi connectivity index (χ0) is 28.4. The van der Waals surface area contributed by atoms with Crippen LogP contribution < -0.4 is 10.1 Å². The van der Waals surface area contributed by atoms with Crippen LogP contribution in [0.5, 0.6) is 5.75 Å². The topological polar surface area (TPSA) is 79.5 Å². The smallest absolute Gasteiger partial charge is 0.418 e. The molecule has 3 unspecified atom stereocenters. The highest BCUT2D eigenvalue weighted by molar-refractivity contribution is 5.82. The molecule has 2 aliphatic rings. The lowest BCUT2D eigenvalue weighted by Gasteiger charge is -2.42. The molecule has 1 saturated heterocycles. The molecule has 1 aromatic heterocycles. The number of aliphatic hydroxyl groups is 2. The van der Waals surface area contributed by atoms with Crippen LogP contribution in [0.25, 0.3) is 11.0 Å². The van der Waals surface area contributed by atoms with Gasteiger partial charge in [-0.25, -0.2) is 4.98 Å². The highest BCUT2D eigenvalue weighted by Gasteiger charge is 2.43. The Bertz CT molecular complexity index is 1360. The number of alkyl halides is 6. The molecule has 1 aliphatic heterocycles. The Morgan fingerprint density at radius 2 is 1.74 bits per heavy atom. The van der Waals surface area contributed by atoms with E-state index in [9.17, 15) is 36.6 Å². The maximum absolute atomic E-state index is 14.1. The number of halogens is 6. The van der Waals surface area contributed by atoms with Crippen molar-refractivity contribution >= 4 is 11.0 Å². The lowest BCUT2D eigenvalue weighted by atomic mass is 9.77. The molecule has 0 bridgehead atoms. The quantitative estimate of drug-likeness (QED) is 0.358. The van der Waals surface area contributed by atoms with Crippen molar-refractivity contribution in [3.8, 4) is 5.75 Å². The first-order valence-corrected chi connectivity index (χ1v) is 12.6. The van der Waals surface area contributed by atoms with Gasteiger partial charge in [0, 0.05) is 24.2 Å². The van der Waals surface area contributed by atoms with Gasteiger partial charge < -0.3 is 24.8 Å². The Hall–Kier alpha value is -2.83. The lowest BCUT2D eigenvalue weighted by molar-refractivity contribution is -0.138. The first-order valence-electron chi connectivity index (χ1n) is 12.6. The molecule has 5 rings (SSSR count). The average Bonchev–Trinajstić information content (AvgIpc) is 3.22. The summed E-state index contributed by atoms with van der Waals surface area (Å²) in [5.74, 6) is -0.0664. The third-order valence-corrected chi connectivity index (χ3v) is 7.62. The number of ether oxygens (including phenoxy) is 1. The molecule has 3 N–H and O–H groups in total. The molecule has 3 atom stereocenters. The predicted octanol–water partition coefficient (Wildman–Crippen LogP) is 5.57. The Balaban J connectivity index is 1.37. The molecule has 2 fully saturated rings. The van der Waals surface area contributed by atoms with Gasteiger partial charge in [0.1, 0.15) is 12.4 Å². The first kappa shape index (κ1) is 27.7. The van der Waals surface area contributed by atoms with E-state index in [1.165, 1.54) is 29.1 Å². The maximum atomic E-state index is 14.1. The van der Waals surface area contributed by atoms with Crippen LogP contribution in [0.15, 0.2) is 42.7 Å². The second-order valence-electron chi connectivity index (χ2n) is 11.1. The fraction of sp³-hybridized carbons (Fsp3) is 0.519. The fourth-order valence-corrected chi connectivity index (χ4v) is 5.92. The number of hydrogen-bond acceptors (Lipinski definition) is 5. The van der Waals surface area contributed by atoms with Gasteiger partial charge in [-0.15, -0.1) is 0 Å². The van der Waals surface area contributed by atoms with Crippen molar-refractivity contribution in [2.24, 2.45) is 0 Å². The normalized spacial score (nSPS) is 29.8.